The number of hydrogen-bond donors (Lipinski definition) is 0. The molecule has 0 aromatic heterocycles. The average molecular weight is 505 g/mol. The quantitative estimate of drug-likeness (QED) is 0.413. The average Bonchev–Trinajstić information content (AvgIpc) is 3.54. The highest BCUT2D eigenvalue weighted by Gasteiger charge is 2.72. The van der Waals surface area contributed by atoms with E-state index in [1.165, 1.54) is 12.5 Å². The van der Waals surface area contributed by atoms with Crippen LogP contribution in [0.2, 0.25) is 0 Å². The van der Waals surface area contributed by atoms with Crippen molar-refractivity contribution in [3.8, 4) is 0 Å². The van der Waals surface area contributed by atoms with Crippen LogP contribution >= 0.6 is 0 Å². The van der Waals surface area contributed by atoms with E-state index in [0.29, 0.717) is 56.7 Å². The number of methoxy groups -OCH3 is 1. The summed E-state index contributed by atoms with van der Waals surface area (Å²) >= 11 is 0. The lowest BCUT2D eigenvalue weighted by atomic mass is 9.43. The number of fused-ring (bicyclic) bond motifs is 6. The van der Waals surface area contributed by atoms with Crippen molar-refractivity contribution in [2.24, 2.45) is 40.4 Å². The third-order valence-corrected chi connectivity index (χ3v) is 11.5. The van der Waals surface area contributed by atoms with Gasteiger partial charge in [-0.1, -0.05) is 26.0 Å². The maximum atomic E-state index is 12.2. The second-order valence-corrected chi connectivity index (χ2v) is 12.8. The summed E-state index contributed by atoms with van der Waals surface area (Å²) in [5.41, 5.74) is 1.23. The molecule has 0 aromatic carbocycles. The smallest absolute Gasteiger partial charge is 0.302 e. The normalized spacial score (nSPS) is 45.3. The van der Waals surface area contributed by atoms with Gasteiger partial charge in [0.05, 0.1) is 33.0 Å². The summed E-state index contributed by atoms with van der Waals surface area (Å²) in [6.45, 7) is 14.1. The van der Waals surface area contributed by atoms with Gasteiger partial charge in [-0.05, 0) is 54.8 Å². The van der Waals surface area contributed by atoms with Gasteiger partial charge in [-0.25, -0.2) is 0 Å². The molecule has 202 valence electrons. The number of carbonyl (C=O) groups excluding carboxylic acids is 1. The molecule has 7 nitrogen and oxygen atoms in total. The fourth-order valence-corrected chi connectivity index (χ4v) is 10.0. The van der Waals surface area contributed by atoms with Gasteiger partial charge in [0, 0.05) is 44.6 Å². The lowest BCUT2D eigenvalue weighted by molar-refractivity contribution is -0.251. The van der Waals surface area contributed by atoms with E-state index in [1.807, 2.05) is 0 Å². The molecule has 2 saturated heterocycles. The number of carbonyl (C=O) groups is 1. The molecular weight excluding hydrogens is 460 g/mol. The summed E-state index contributed by atoms with van der Waals surface area (Å²) in [7, 11) is 1.69. The van der Waals surface area contributed by atoms with Crippen molar-refractivity contribution in [3.05, 3.63) is 12.2 Å². The monoisotopic (exact) mass is 504 g/mol. The molecule has 6 aliphatic rings. The first-order chi connectivity index (χ1) is 17.2. The largest absolute Gasteiger partial charge is 0.460 e. The van der Waals surface area contributed by atoms with Gasteiger partial charge < -0.3 is 28.4 Å². The van der Waals surface area contributed by atoms with Gasteiger partial charge in [-0.15, -0.1) is 0 Å². The van der Waals surface area contributed by atoms with Crippen molar-refractivity contribution in [1.82, 2.24) is 0 Å². The number of ether oxygens (including phenoxy) is 6. The molecule has 0 radical (unpaired) electrons. The minimum atomic E-state index is -0.601. The molecule has 0 N–H and O–H groups in total. The van der Waals surface area contributed by atoms with Gasteiger partial charge >= 0.3 is 5.97 Å². The van der Waals surface area contributed by atoms with Crippen molar-refractivity contribution in [3.63, 3.8) is 0 Å². The minimum Gasteiger partial charge on any atom is -0.460 e. The zero-order valence-corrected chi connectivity index (χ0v) is 22.5. The lowest BCUT2D eigenvalue weighted by Gasteiger charge is -2.63. The molecule has 0 unspecified atom stereocenters. The first-order valence-corrected chi connectivity index (χ1v) is 14.1. The van der Waals surface area contributed by atoms with E-state index in [0.717, 1.165) is 44.9 Å². The Morgan fingerprint density at radius 1 is 1.06 bits per heavy atom. The SMILES string of the molecule is C=C1CC2(C[C@@H]3CC[C@H]4[C@@H]5[C@H]([C@H](COC)OC(C)=O)CC6(OCCO6)[C@@]5(C)CC[C@@H]4[C@@]13C)OCCO2. The molecule has 7 heteroatoms. The summed E-state index contributed by atoms with van der Waals surface area (Å²) in [4.78, 5) is 12.2. The molecule has 2 heterocycles. The van der Waals surface area contributed by atoms with Gasteiger partial charge in [0.15, 0.2) is 11.6 Å². The minimum absolute atomic E-state index is 0.0562. The van der Waals surface area contributed by atoms with E-state index in [2.05, 4.69) is 20.4 Å². The predicted molar refractivity (Wildman–Crippen MR) is 132 cm³/mol. The molecular formula is C29H44O7. The van der Waals surface area contributed by atoms with E-state index in [4.69, 9.17) is 28.4 Å². The number of hydrogen-bond acceptors (Lipinski definition) is 7. The standard InChI is InChI=1S/C29H44O7/c1-18-14-28(32-10-11-33-28)15-20-6-7-21-23(27(18,20)4)8-9-26(3)25(21)22(16-29(26)34-12-13-35-29)24(17-31-5)36-19(2)30/h20-25H,1,6-17H2,2-5H3/t20-,21+,22-,23-,24-,25+,26-,27-/m0/s1. The summed E-state index contributed by atoms with van der Waals surface area (Å²) in [5, 5.41) is 0. The third-order valence-electron chi connectivity index (χ3n) is 11.5. The second kappa shape index (κ2) is 8.77. The molecule has 0 aromatic rings. The first kappa shape index (κ1) is 25.3. The lowest BCUT2D eigenvalue weighted by Crippen LogP contribution is -2.59. The van der Waals surface area contributed by atoms with E-state index < -0.39 is 11.6 Å². The summed E-state index contributed by atoms with van der Waals surface area (Å²) < 4.78 is 36.8. The maximum Gasteiger partial charge on any atom is 0.302 e. The predicted octanol–water partition coefficient (Wildman–Crippen LogP) is 4.49. The van der Waals surface area contributed by atoms with Gasteiger partial charge in [-0.3, -0.25) is 4.79 Å². The van der Waals surface area contributed by atoms with Gasteiger partial charge in [0.25, 0.3) is 0 Å². The van der Waals surface area contributed by atoms with Crippen LogP contribution in [0.1, 0.15) is 65.7 Å². The van der Waals surface area contributed by atoms with Crippen molar-refractivity contribution >= 4 is 5.97 Å². The summed E-state index contributed by atoms with van der Waals surface area (Å²) in [6.07, 6.45) is 6.70. The molecule has 2 aliphatic heterocycles. The fraction of sp³-hybridized carbons (Fsp3) is 0.897. The van der Waals surface area contributed by atoms with Gasteiger partial charge in [-0.2, -0.15) is 0 Å². The van der Waals surface area contributed by atoms with Crippen LogP contribution in [0, 0.1) is 40.4 Å². The molecule has 0 amide bonds. The Labute approximate surface area is 215 Å². The van der Waals surface area contributed by atoms with Crippen LogP contribution in [0.5, 0.6) is 0 Å². The number of rotatable bonds is 4. The molecule has 4 saturated carbocycles. The van der Waals surface area contributed by atoms with Crippen LogP contribution in [0.3, 0.4) is 0 Å². The van der Waals surface area contributed by atoms with E-state index in [9.17, 15) is 4.79 Å². The van der Waals surface area contributed by atoms with Crippen molar-refractivity contribution < 1.29 is 33.2 Å². The van der Waals surface area contributed by atoms with Crippen LogP contribution in [0.15, 0.2) is 12.2 Å². The fourth-order valence-electron chi connectivity index (χ4n) is 10.0. The summed E-state index contributed by atoms with van der Waals surface area (Å²) in [5.74, 6) is 0.687. The summed E-state index contributed by atoms with van der Waals surface area (Å²) in [6, 6.07) is 0. The Bertz CT molecular complexity index is 890. The third kappa shape index (κ3) is 3.45. The Kier molecular flexibility index (Phi) is 6.16. The van der Waals surface area contributed by atoms with Gasteiger partial charge in [0.1, 0.15) is 6.10 Å². The van der Waals surface area contributed by atoms with E-state index in [1.54, 1.807) is 7.11 Å². The van der Waals surface area contributed by atoms with E-state index in [-0.39, 0.29) is 28.8 Å². The zero-order chi connectivity index (χ0) is 25.3. The molecule has 0 bridgehead atoms. The van der Waals surface area contributed by atoms with Gasteiger partial charge in [0.2, 0.25) is 0 Å². The Morgan fingerprint density at radius 3 is 2.42 bits per heavy atom. The number of esters is 1. The molecule has 8 atom stereocenters. The zero-order valence-electron chi connectivity index (χ0n) is 22.5. The molecule has 36 heavy (non-hydrogen) atoms. The van der Waals surface area contributed by atoms with Crippen molar-refractivity contribution in [2.45, 2.75) is 83.4 Å². The highest BCUT2D eigenvalue weighted by Crippen LogP contribution is 2.72. The van der Waals surface area contributed by atoms with Crippen molar-refractivity contribution in [2.75, 3.05) is 40.1 Å². The Hall–Kier alpha value is -0.990. The van der Waals surface area contributed by atoms with Crippen molar-refractivity contribution in [1.29, 1.82) is 0 Å². The molecule has 6 fully saturated rings. The topological polar surface area (TPSA) is 72.5 Å². The van der Waals surface area contributed by atoms with Crippen LogP contribution in [-0.2, 0) is 33.2 Å². The van der Waals surface area contributed by atoms with E-state index >= 15 is 0 Å². The maximum absolute atomic E-state index is 12.2. The molecule has 6 rings (SSSR count). The Balaban J connectivity index is 1.36. The molecule has 2 spiro atoms. The highest BCUT2D eigenvalue weighted by atomic mass is 16.7. The van der Waals surface area contributed by atoms with Crippen LogP contribution in [-0.4, -0.2) is 63.8 Å². The van der Waals surface area contributed by atoms with Crippen LogP contribution in [0.25, 0.3) is 0 Å². The highest BCUT2D eigenvalue weighted by molar-refractivity contribution is 5.66. The van der Waals surface area contributed by atoms with Crippen LogP contribution < -0.4 is 0 Å². The van der Waals surface area contributed by atoms with Crippen LogP contribution in [0.4, 0.5) is 0 Å². The Morgan fingerprint density at radius 2 is 1.75 bits per heavy atom. The molecule has 4 aliphatic carbocycles. The first-order valence-electron chi connectivity index (χ1n) is 14.1. The second-order valence-electron chi connectivity index (χ2n) is 12.8.